The monoisotopic (exact) mass is 356 g/mol. The number of benzene rings is 2. The Balaban J connectivity index is 2.07. The highest BCUT2D eigenvalue weighted by atomic mass is 32.1. The van der Waals surface area contributed by atoms with Gasteiger partial charge in [-0.1, -0.05) is 37.6 Å². The van der Waals surface area contributed by atoms with Crippen LogP contribution in [0.5, 0.6) is 5.75 Å². The van der Waals surface area contributed by atoms with Gasteiger partial charge in [-0.25, -0.2) is 0 Å². The molecule has 1 atom stereocenters. The zero-order chi connectivity index (χ0) is 18.4. The highest BCUT2D eigenvalue weighted by Crippen LogP contribution is 2.26. The van der Waals surface area contributed by atoms with E-state index in [1.54, 1.807) is 0 Å². The normalized spacial score (nSPS) is 11.9. The first kappa shape index (κ1) is 19.3. The minimum Gasteiger partial charge on any atom is -0.494 e. The lowest BCUT2D eigenvalue weighted by Gasteiger charge is -2.26. The highest BCUT2D eigenvalue weighted by molar-refractivity contribution is 7.80. The summed E-state index contributed by atoms with van der Waals surface area (Å²) in [5.74, 6) is 1.28. The van der Waals surface area contributed by atoms with Crippen molar-refractivity contribution in [3.8, 4) is 5.75 Å². The molecule has 2 N–H and O–H groups in total. The summed E-state index contributed by atoms with van der Waals surface area (Å²) in [5, 5.41) is 7.36. The molecule has 3 nitrogen and oxygen atoms in total. The van der Waals surface area contributed by atoms with E-state index in [0.717, 1.165) is 11.4 Å². The summed E-state index contributed by atoms with van der Waals surface area (Å²) in [6.45, 7) is 11.3. The van der Waals surface area contributed by atoms with E-state index in [0.29, 0.717) is 17.6 Å². The maximum absolute atomic E-state index is 5.53. The summed E-state index contributed by atoms with van der Waals surface area (Å²) in [6.07, 6.45) is 0. The van der Waals surface area contributed by atoms with Gasteiger partial charge in [0.15, 0.2) is 5.11 Å². The molecule has 134 valence electrons. The summed E-state index contributed by atoms with van der Waals surface area (Å²) < 4.78 is 5.47. The van der Waals surface area contributed by atoms with E-state index in [1.807, 2.05) is 31.2 Å². The molecule has 0 aliphatic rings. The van der Waals surface area contributed by atoms with Gasteiger partial charge < -0.3 is 15.4 Å². The van der Waals surface area contributed by atoms with Gasteiger partial charge in [0.25, 0.3) is 0 Å². The molecule has 0 heterocycles. The Hall–Kier alpha value is -2.07. The zero-order valence-electron chi connectivity index (χ0n) is 15.7. The molecular weight excluding hydrogens is 328 g/mol. The smallest absolute Gasteiger partial charge is 0.171 e. The van der Waals surface area contributed by atoms with E-state index in [2.05, 4.69) is 56.5 Å². The van der Waals surface area contributed by atoms with Crippen LogP contribution in [-0.4, -0.2) is 11.7 Å². The Labute approximate surface area is 156 Å². The van der Waals surface area contributed by atoms with Crippen LogP contribution in [0.2, 0.25) is 0 Å². The molecule has 0 amide bonds. The Bertz CT molecular complexity index is 710. The first-order valence-corrected chi connectivity index (χ1v) is 9.19. The number of aryl methyl sites for hydroxylation is 2. The van der Waals surface area contributed by atoms with E-state index in [-0.39, 0.29) is 6.04 Å². The minimum absolute atomic E-state index is 0.170. The van der Waals surface area contributed by atoms with Crippen LogP contribution in [0.1, 0.15) is 43.5 Å². The highest BCUT2D eigenvalue weighted by Gasteiger charge is 2.18. The van der Waals surface area contributed by atoms with Crippen LogP contribution in [0.25, 0.3) is 0 Å². The zero-order valence-corrected chi connectivity index (χ0v) is 16.5. The van der Waals surface area contributed by atoms with Crippen LogP contribution in [-0.2, 0) is 0 Å². The second-order valence-corrected chi connectivity index (χ2v) is 7.05. The van der Waals surface area contributed by atoms with Crippen molar-refractivity contribution in [3.05, 3.63) is 59.2 Å². The van der Waals surface area contributed by atoms with Crippen LogP contribution < -0.4 is 15.4 Å². The quantitative estimate of drug-likeness (QED) is 0.680. The van der Waals surface area contributed by atoms with Crippen molar-refractivity contribution in [2.24, 2.45) is 5.92 Å². The molecule has 0 fully saturated rings. The van der Waals surface area contributed by atoms with Gasteiger partial charge in [-0.05, 0) is 74.3 Å². The Morgan fingerprint density at radius 3 is 2.32 bits per heavy atom. The molecule has 0 saturated heterocycles. The maximum atomic E-state index is 5.53. The number of rotatable bonds is 6. The first-order chi connectivity index (χ1) is 11.9. The lowest BCUT2D eigenvalue weighted by molar-refractivity contribution is 0.340. The predicted octanol–water partition coefficient (Wildman–Crippen LogP) is 5.39. The van der Waals surface area contributed by atoms with Crippen molar-refractivity contribution >= 4 is 23.0 Å². The third-order valence-electron chi connectivity index (χ3n) is 4.14. The molecule has 0 radical (unpaired) electrons. The second-order valence-electron chi connectivity index (χ2n) is 6.64. The number of hydrogen-bond acceptors (Lipinski definition) is 2. The Morgan fingerprint density at radius 2 is 1.76 bits per heavy atom. The van der Waals surface area contributed by atoms with Gasteiger partial charge in [-0.3, -0.25) is 0 Å². The molecule has 25 heavy (non-hydrogen) atoms. The molecule has 4 heteroatoms. The summed E-state index contributed by atoms with van der Waals surface area (Å²) in [4.78, 5) is 0. The van der Waals surface area contributed by atoms with Gasteiger partial charge >= 0.3 is 0 Å². The summed E-state index contributed by atoms with van der Waals surface area (Å²) in [5.41, 5.74) is 4.80. The largest absolute Gasteiger partial charge is 0.494 e. The van der Waals surface area contributed by atoms with Crippen molar-refractivity contribution in [2.45, 2.75) is 40.7 Å². The van der Waals surface area contributed by atoms with E-state index < -0.39 is 0 Å². The fourth-order valence-corrected chi connectivity index (χ4v) is 3.13. The van der Waals surface area contributed by atoms with Crippen LogP contribution in [0.4, 0.5) is 5.69 Å². The van der Waals surface area contributed by atoms with Crippen molar-refractivity contribution in [1.29, 1.82) is 0 Å². The fourth-order valence-electron chi connectivity index (χ4n) is 2.89. The van der Waals surface area contributed by atoms with E-state index >= 15 is 0 Å². The number of anilines is 1. The molecular formula is C21H28N2OS. The van der Waals surface area contributed by atoms with Gasteiger partial charge in [-0.15, -0.1) is 0 Å². The van der Waals surface area contributed by atoms with Crippen LogP contribution in [0.15, 0.2) is 42.5 Å². The average Bonchev–Trinajstić information content (AvgIpc) is 2.55. The average molecular weight is 357 g/mol. The third kappa shape index (κ3) is 5.46. The number of hydrogen-bond donors (Lipinski definition) is 2. The topological polar surface area (TPSA) is 33.3 Å². The number of nitrogens with one attached hydrogen (secondary N) is 2. The molecule has 2 aromatic rings. The Kier molecular flexibility index (Phi) is 6.82. The predicted molar refractivity (Wildman–Crippen MR) is 110 cm³/mol. The lowest BCUT2D eigenvalue weighted by Crippen LogP contribution is -2.35. The molecule has 0 saturated carbocycles. The first-order valence-electron chi connectivity index (χ1n) is 8.78. The SMILES string of the molecule is CCOc1ccc(NC(=S)NC(c2ccc(C)cc2C)C(C)C)cc1. The van der Waals surface area contributed by atoms with Crippen LogP contribution >= 0.6 is 12.2 Å². The van der Waals surface area contributed by atoms with Crippen molar-refractivity contribution in [2.75, 3.05) is 11.9 Å². The van der Waals surface area contributed by atoms with E-state index in [4.69, 9.17) is 17.0 Å². The van der Waals surface area contributed by atoms with E-state index in [1.165, 1.54) is 16.7 Å². The molecule has 2 rings (SSSR count). The molecule has 0 bridgehead atoms. The molecule has 0 aliphatic carbocycles. The van der Waals surface area contributed by atoms with Gasteiger partial charge in [0.2, 0.25) is 0 Å². The van der Waals surface area contributed by atoms with Gasteiger partial charge in [0.05, 0.1) is 12.6 Å². The van der Waals surface area contributed by atoms with Crippen LogP contribution in [0.3, 0.4) is 0 Å². The fraction of sp³-hybridized carbons (Fsp3) is 0.381. The van der Waals surface area contributed by atoms with Gasteiger partial charge in [0.1, 0.15) is 5.75 Å². The number of ether oxygens (including phenoxy) is 1. The maximum Gasteiger partial charge on any atom is 0.171 e. The van der Waals surface area contributed by atoms with Gasteiger partial charge in [0, 0.05) is 5.69 Å². The van der Waals surface area contributed by atoms with Gasteiger partial charge in [-0.2, -0.15) is 0 Å². The molecule has 0 aromatic heterocycles. The Morgan fingerprint density at radius 1 is 1.08 bits per heavy atom. The van der Waals surface area contributed by atoms with Crippen molar-refractivity contribution < 1.29 is 4.74 Å². The second kappa shape index (κ2) is 8.86. The van der Waals surface area contributed by atoms with Crippen molar-refractivity contribution in [1.82, 2.24) is 5.32 Å². The minimum atomic E-state index is 0.170. The van der Waals surface area contributed by atoms with Crippen LogP contribution in [0, 0.1) is 19.8 Å². The summed E-state index contributed by atoms with van der Waals surface area (Å²) >= 11 is 5.53. The standard InChI is InChI=1S/C21H28N2OS/c1-6-24-18-10-8-17(9-11-18)22-21(25)23-20(14(2)3)19-12-7-15(4)13-16(19)5/h7-14,20H,6H2,1-5H3,(H2,22,23,25). The molecule has 0 aliphatic heterocycles. The third-order valence-corrected chi connectivity index (χ3v) is 4.36. The summed E-state index contributed by atoms with van der Waals surface area (Å²) in [6, 6.07) is 14.6. The lowest BCUT2D eigenvalue weighted by atomic mass is 9.92. The van der Waals surface area contributed by atoms with Crippen molar-refractivity contribution in [3.63, 3.8) is 0 Å². The van der Waals surface area contributed by atoms with E-state index in [9.17, 15) is 0 Å². The number of thiocarbonyl (C=S) groups is 1. The molecule has 0 spiro atoms. The molecule has 1 unspecified atom stereocenters. The summed E-state index contributed by atoms with van der Waals surface area (Å²) in [7, 11) is 0. The molecule has 2 aromatic carbocycles.